The molecular weight excluding hydrogens is 435 g/mol. The topological polar surface area (TPSA) is 62.5 Å². The fraction of sp³-hybridized carbons (Fsp3) is 0.348. The van der Waals surface area contributed by atoms with Crippen LogP contribution < -0.4 is 4.90 Å². The van der Waals surface area contributed by atoms with Crippen LogP contribution in [-0.2, 0) is 11.3 Å². The molecule has 0 spiro atoms. The lowest BCUT2D eigenvalue weighted by Gasteiger charge is -2.35. The van der Waals surface area contributed by atoms with Crippen LogP contribution in [0.25, 0.3) is 11.4 Å². The number of hydrogen-bond donors (Lipinski definition) is 0. The molecule has 2 heterocycles. The average molecular weight is 459 g/mol. The third kappa shape index (κ3) is 5.02. The van der Waals surface area contributed by atoms with Crippen molar-refractivity contribution in [1.82, 2.24) is 15.0 Å². The predicted molar refractivity (Wildman–Crippen MR) is 122 cm³/mol. The summed E-state index contributed by atoms with van der Waals surface area (Å²) in [5, 5.41) is 4.98. The lowest BCUT2D eigenvalue weighted by atomic mass is 9.96. The summed E-state index contributed by atoms with van der Waals surface area (Å²) in [5.74, 6) is 0.762. The molecule has 1 aliphatic rings. The van der Waals surface area contributed by atoms with E-state index in [1.54, 1.807) is 30.1 Å². The highest BCUT2D eigenvalue weighted by atomic mass is 35.5. The van der Waals surface area contributed by atoms with E-state index in [1.807, 2.05) is 0 Å². The van der Waals surface area contributed by atoms with Crippen LogP contribution >= 0.6 is 23.2 Å². The summed E-state index contributed by atoms with van der Waals surface area (Å²) in [6.45, 7) is 4.00. The van der Waals surface area contributed by atoms with Crippen molar-refractivity contribution in [3.63, 3.8) is 0 Å². The molecule has 0 saturated carbocycles. The van der Waals surface area contributed by atoms with Crippen molar-refractivity contribution in [3.05, 3.63) is 64.0 Å². The maximum absolute atomic E-state index is 13.1. The van der Waals surface area contributed by atoms with E-state index in [1.165, 1.54) is 5.56 Å². The zero-order valence-electron chi connectivity index (χ0n) is 17.5. The molecule has 1 aromatic heterocycles. The Hall–Kier alpha value is -2.57. The van der Waals surface area contributed by atoms with Gasteiger partial charge < -0.3 is 14.3 Å². The van der Waals surface area contributed by atoms with E-state index >= 15 is 0 Å². The first-order valence-corrected chi connectivity index (χ1v) is 11.0. The smallest absolute Gasteiger partial charge is 0.246 e. The Kier molecular flexibility index (Phi) is 6.49. The number of carbonyl (C=O) groups excluding carboxylic acids is 1. The molecule has 162 valence electrons. The van der Waals surface area contributed by atoms with Crippen LogP contribution in [-0.4, -0.2) is 41.1 Å². The first-order valence-electron chi connectivity index (χ1n) is 10.3. The van der Waals surface area contributed by atoms with Gasteiger partial charge in [0.2, 0.25) is 17.6 Å². The number of amides is 1. The number of rotatable bonds is 5. The average Bonchev–Trinajstić information content (AvgIpc) is 3.22. The number of aromatic nitrogens is 2. The quantitative estimate of drug-likeness (QED) is 0.523. The molecule has 0 bridgehead atoms. The maximum Gasteiger partial charge on any atom is 0.246 e. The zero-order valence-corrected chi connectivity index (χ0v) is 19.0. The van der Waals surface area contributed by atoms with E-state index in [0.717, 1.165) is 25.1 Å². The van der Waals surface area contributed by atoms with E-state index < -0.39 is 0 Å². The summed E-state index contributed by atoms with van der Waals surface area (Å²) < 4.78 is 5.36. The highest BCUT2D eigenvalue weighted by Crippen LogP contribution is 2.29. The molecule has 1 amide bonds. The minimum atomic E-state index is -0.0619. The van der Waals surface area contributed by atoms with E-state index in [2.05, 4.69) is 46.2 Å². The molecule has 8 heteroatoms. The number of piperidine rings is 1. The first kappa shape index (κ1) is 21.7. The lowest BCUT2D eigenvalue weighted by molar-refractivity contribution is -0.135. The molecule has 1 fully saturated rings. The van der Waals surface area contributed by atoms with Gasteiger partial charge in [-0.05, 0) is 50.1 Å². The van der Waals surface area contributed by atoms with Gasteiger partial charge in [0.1, 0.15) is 0 Å². The molecule has 1 aliphatic heterocycles. The largest absolute Gasteiger partial charge is 0.371 e. The molecule has 1 unspecified atom stereocenters. The highest BCUT2D eigenvalue weighted by molar-refractivity contribution is 6.36. The molecule has 0 N–H and O–H groups in total. The van der Waals surface area contributed by atoms with Gasteiger partial charge in [-0.3, -0.25) is 4.79 Å². The summed E-state index contributed by atoms with van der Waals surface area (Å²) in [7, 11) is 1.77. The molecular formula is C23H24Cl2N4O2. The number of benzene rings is 2. The van der Waals surface area contributed by atoms with E-state index in [-0.39, 0.29) is 18.4 Å². The van der Waals surface area contributed by atoms with Crippen LogP contribution in [0.15, 0.2) is 47.0 Å². The maximum atomic E-state index is 13.1. The lowest BCUT2D eigenvalue weighted by Crippen LogP contribution is -2.43. The third-order valence-electron chi connectivity index (χ3n) is 5.56. The molecule has 2 aromatic carbocycles. The van der Waals surface area contributed by atoms with Crippen LogP contribution in [0.5, 0.6) is 0 Å². The number of halogens is 2. The van der Waals surface area contributed by atoms with E-state index in [4.69, 9.17) is 27.7 Å². The zero-order chi connectivity index (χ0) is 22.0. The summed E-state index contributed by atoms with van der Waals surface area (Å²) in [6, 6.07) is 13.5. The molecule has 0 aliphatic carbocycles. The SMILES string of the molecule is Cc1ccc(N2CCCC(C(=O)N(C)Cc3nc(-c4ccc(Cl)cc4Cl)no3)C2)cc1. The van der Waals surface area contributed by atoms with Gasteiger partial charge in [-0.2, -0.15) is 4.98 Å². The van der Waals surface area contributed by atoms with Gasteiger partial charge in [-0.25, -0.2) is 0 Å². The fourth-order valence-corrected chi connectivity index (χ4v) is 4.35. The number of nitrogens with zero attached hydrogens (tertiary/aromatic N) is 4. The Balaban J connectivity index is 1.40. The molecule has 1 saturated heterocycles. The molecule has 4 rings (SSSR count). The van der Waals surface area contributed by atoms with Crippen LogP contribution in [0.3, 0.4) is 0 Å². The van der Waals surface area contributed by atoms with Gasteiger partial charge in [0.25, 0.3) is 0 Å². The molecule has 6 nitrogen and oxygen atoms in total. The van der Waals surface area contributed by atoms with Gasteiger partial charge in [0.15, 0.2) is 0 Å². The standard InChI is InChI=1S/C23H24Cl2N4O2/c1-15-5-8-18(9-6-15)29-11-3-4-16(13-29)23(30)28(2)14-21-26-22(27-31-21)19-10-7-17(24)12-20(19)25/h5-10,12,16H,3-4,11,13-14H2,1-2H3. The second-order valence-electron chi connectivity index (χ2n) is 7.95. The fourth-order valence-electron chi connectivity index (χ4n) is 3.86. The van der Waals surface area contributed by atoms with Gasteiger partial charge in [0.05, 0.1) is 17.5 Å². The minimum absolute atomic E-state index is 0.0619. The first-order chi connectivity index (χ1) is 14.9. The van der Waals surface area contributed by atoms with E-state index in [0.29, 0.717) is 33.9 Å². The Morgan fingerprint density at radius 3 is 2.74 bits per heavy atom. The summed E-state index contributed by atoms with van der Waals surface area (Å²) in [6.07, 6.45) is 1.86. The van der Waals surface area contributed by atoms with Gasteiger partial charge in [-0.1, -0.05) is 46.1 Å². The second kappa shape index (κ2) is 9.28. The number of carbonyl (C=O) groups is 1. The van der Waals surface area contributed by atoms with E-state index in [9.17, 15) is 4.79 Å². The summed E-state index contributed by atoms with van der Waals surface area (Å²) in [4.78, 5) is 21.4. The van der Waals surface area contributed by atoms with Gasteiger partial charge in [0, 0.05) is 36.4 Å². The van der Waals surface area contributed by atoms with Crippen molar-refractivity contribution in [3.8, 4) is 11.4 Å². The Bertz CT molecular complexity index is 1070. The molecule has 0 radical (unpaired) electrons. The van der Waals surface area contributed by atoms with Crippen molar-refractivity contribution >= 4 is 34.8 Å². The van der Waals surface area contributed by atoms with Crippen LogP contribution in [0.4, 0.5) is 5.69 Å². The Labute approximate surface area is 191 Å². The van der Waals surface area contributed by atoms with Crippen molar-refractivity contribution in [2.45, 2.75) is 26.3 Å². The molecule has 31 heavy (non-hydrogen) atoms. The molecule has 3 aromatic rings. The van der Waals surface area contributed by atoms with Crippen LogP contribution in [0.2, 0.25) is 10.0 Å². The summed E-state index contributed by atoms with van der Waals surface area (Å²) in [5.41, 5.74) is 3.02. The molecule has 1 atom stereocenters. The number of anilines is 1. The van der Waals surface area contributed by atoms with Gasteiger partial charge >= 0.3 is 0 Å². The monoisotopic (exact) mass is 458 g/mol. The van der Waals surface area contributed by atoms with Crippen molar-refractivity contribution in [1.29, 1.82) is 0 Å². The highest BCUT2D eigenvalue weighted by Gasteiger charge is 2.29. The number of hydrogen-bond acceptors (Lipinski definition) is 5. The normalized spacial score (nSPS) is 16.4. The minimum Gasteiger partial charge on any atom is -0.371 e. The van der Waals surface area contributed by atoms with Crippen molar-refractivity contribution < 1.29 is 9.32 Å². The third-order valence-corrected chi connectivity index (χ3v) is 6.11. The van der Waals surface area contributed by atoms with Crippen LogP contribution in [0.1, 0.15) is 24.3 Å². The Morgan fingerprint density at radius 1 is 1.23 bits per heavy atom. The van der Waals surface area contributed by atoms with Gasteiger partial charge in [-0.15, -0.1) is 0 Å². The second-order valence-corrected chi connectivity index (χ2v) is 8.79. The van der Waals surface area contributed by atoms with Crippen molar-refractivity contribution in [2.24, 2.45) is 5.92 Å². The Morgan fingerprint density at radius 2 is 2.00 bits per heavy atom. The van der Waals surface area contributed by atoms with Crippen LogP contribution in [0, 0.1) is 12.8 Å². The summed E-state index contributed by atoms with van der Waals surface area (Å²) >= 11 is 12.2. The predicted octanol–water partition coefficient (Wildman–Crippen LogP) is 5.23. The number of aryl methyl sites for hydroxylation is 1. The van der Waals surface area contributed by atoms with Crippen molar-refractivity contribution in [2.75, 3.05) is 25.0 Å².